The van der Waals surface area contributed by atoms with Gasteiger partial charge in [-0.25, -0.2) is 4.79 Å². The van der Waals surface area contributed by atoms with Crippen LogP contribution in [0, 0.1) is 0 Å². The van der Waals surface area contributed by atoms with Gasteiger partial charge in [-0.15, -0.1) is 0 Å². The second-order valence-corrected chi connectivity index (χ2v) is 4.85. The van der Waals surface area contributed by atoms with Gasteiger partial charge in [0.25, 0.3) is 0 Å². The summed E-state index contributed by atoms with van der Waals surface area (Å²) in [5, 5.41) is 2.68. The zero-order chi connectivity index (χ0) is 15.9. The minimum Gasteiger partial charge on any atom is -0.472 e. The molecule has 3 aromatic rings. The average Bonchev–Trinajstić information content (AvgIpc) is 3.14. The molecule has 0 aliphatic rings. The Kier molecular flexibility index (Phi) is 4.63. The fourth-order valence-corrected chi connectivity index (χ4v) is 1.97. The summed E-state index contributed by atoms with van der Waals surface area (Å²) in [4.78, 5) is 19.9. The van der Waals surface area contributed by atoms with E-state index in [1.807, 2.05) is 24.3 Å². The lowest BCUT2D eigenvalue weighted by molar-refractivity contribution is 0.139. The van der Waals surface area contributed by atoms with Crippen molar-refractivity contribution in [3.05, 3.63) is 72.6 Å². The van der Waals surface area contributed by atoms with Crippen LogP contribution in [0.1, 0.15) is 11.1 Å². The second-order valence-electron chi connectivity index (χ2n) is 4.85. The first-order chi connectivity index (χ1) is 11.3. The Bertz CT molecular complexity index is 741. The van der Waals surface area contributed by atoms with Crippen LogP contribution in [0.2, 0.25) is 0 Å². The van der Waals surface area contributed by atoms with Gasteiger partial charge in [0.2, 0.25) is 0 Å². The van der Waals surface area contributed by atoms with Crippen molar-refractivity contribution in [3.63, 3.8) is 0 Å². The maximum atomic E-state index is 11.7. The summed E-state index contributed by atoms with van der Waals surface area (Å²) in [5.41, 5.74) is 3.46. The molecular weight excluding hydrogens is 294 g/mol. The van der Waals surface area contributed by atoms with E-state index < -0.39 is 6.09 Å². The number of amides is 1. The molecule has 6 heteroatoms. The number of alkyl carbamates (subject to hydrolysis) is 1. The SMILES string of the molecule is O=C(NCc1ccc(-c2ccoc2)nc1)OCc1cccnc1. The van der Waals surface area contributed by atoms with Crippen LogP contribution in [0.5, 0.6) is 0 Å². The van der Waals surface area contributed by atoms with Gasteiger partial charge in [0.15, 0.2) is 0 Å². The molecule has 0 bridgehead atoms. The molecule has 0 atom stereocenters. The highest BCUT2D eigenvalue weighted by atomic mass is 16.5. The van der Waals surface area contributed by atoms with Gasteiger partial charge < -0.3 is 14.5 Å². The van der Waals surface area contributed by atoms with E-state index in [0.29, 0.717) is 6.54 Å². The number of furan rings is 1. The summed E-state index contributed by atoms with van der Waals surface area (Å²) >= 11 is 0. The molecule has 0 spiro atoms. The number of pyridine rings is 2. The van der Waals surface area contributed by atoms with Crippen molar-refractivity contribution in [2.45, 2.75) is 13.2 Å². The Balaban J connectivity index is 1.47. The van der Waals surface area contributed by atoms with Gasteiger partial charge in [-0.1, -0.05) is 12.1 Å². The van der Waals surface area contributed by atoms with Crippen LogP contribution < -0.4 is 5.32 Å². The Hall–Kier alpha value is -3.15. The zero-order valence-corrected chi connectivity index (χ0v) is 12.3. The second kappa shape index (κ2) is 7.22. The van der Waals surface area contributed by atoms with Crippen LogP contribution in [0.15, 0.2) is 65.9 Å². The van der Waals surface area contributed by atoms with Crippen LogP contribution in [-0.2, 0) is 17.9 Å². The molecule has 0 radical (unpaired) electrons. The predicted octanol–water partition coefficient (Wildman–Crippen LogP) is 3.16. The Morgan fingerprint density at radius 3 is 2.83 bits per heavy atom. The number of rotatable bonds is 5. The highest BCUT2D eigenvalue weighted by molar-refractivity contribution is 5.67. The maximum absolute atomic E-state index is 11.7. The maximum Gasteiger partial charge on any atom is 0.407 e. The molecule has 0 unspecified atom stereocenters. The number of hydrogen-bond acceptors (Lipinski definition) is 5. The van der Waals surface area contributed by atoms with E-state index >= 15 is 0 Å². The third-order valence-electron chi connectivity index (χ3n) is 3.17. The van der Waals surface area contributed by atoms with Crippen molar-refractivity contribution in [2.24, 2.45) is 0 Å². The average molecular weight is 309 g/mol. The molecule has 0 aliphatic heterocycles. The highest BCUT2D eigenvalue weighted by Crippen LogP contribution is 2.16. The van der Waals surface area contributed by atoms with Crippen LogP contribution in [0.25, 0.3) is 11.3 Å². The Morgan fingerprint density at radius 2 is 2.13 bits per heavy atom. The Morgan fingerprint density at radius 1 is 1.17 bits per heavy atom. The summed E-state index contributed by atoms with van der Waals surface area (Å²) in [6, 6.07) is 9.26. The van der Waals surface area contributed by atoms with Gasteiger partial charge in [0.1, 0.15) is 6.61 Å². The summed E-state index contributed by atoms with van der Waals surface area (Å²) in [5.74, 6) is 0. The van der Waals surface area contributed by atoms with Crippen molar-refractivity contribution < 1.29 is 13.9 Å². The molecule has 0 saturated carbocycles. The summed E-state index contributed by atoms with van der Waals surface area (Å²) in [6.45, 7) is 0.544. The molecule has 116 valence electrons. The molecule has 0 saturated heterocycles. The van der Waals surface area contributed by atoms with Crippen LogP contribution in [0.4, 0.5) is 4.79 Å². The van der Waals surface area contributed by atoms with Crippen LogP contribution in [0.3, 0.4) is 0 Å². The Labute approximate surface area is 133 Å². The molecule has 3 aromatic heterocycles. The monoisotopic (exact) mass is 309 g/mol. The minimum atomic E-state index is -0.479. The first-order valence-corrected chi connectivity index (χ1v) is 7.08. The number of aromatic nitrogens is 2. The van der Waals surface area contributed by atoms with Crippen molar-refractivity contribution >= 4 is 6.09 Å². The van der Waals surface area contributed by atoms with E-state index in [1.165, 1.54) is 0 Å². The number of ether oxygens (including phenoxy) is 1. The molecule has 0 aliphatic carbocycles. The van der Waals surface area contributed by atoms with Crippen LogP contribution in [-0.4, -0.2) is 16.1 Å². The van der Waals surface area contributed by atoms with Gasteiger partial charge in [-0.3, -0.25) is 9.97 Å². The van der Waals surface area contributed by atoms with E-state index in [0.717, 1.165) is 22.4 Å². The third kappa shape index (κ3) is 4.16. The fourth-order valence-electron chi connectivity index (χ4n) is 1.97. The molecule has 1 N–H and O–H groups in total. The molecule has 1 amide bonds. The lowest BCUT2D eigenvalue weighted by atomic mass is 10.2. The topological polar surface area (TPSA) is 77.2 Å². The number of nitrogens with zero attached hydrogens (tertiary/aromatic N) is 2. The minimum absolute atomic E-state index is 0.192. The normalized spacial score (nSPS) is 10.3. The lowest BCUT2D eigenvalue weighted by Gasteiger charge is -2.07. The molecular formula is C17H15N3O3. The standard InChI is InChI=1S/C17H15N3O3/c21-17(23-11-14-2-1-6-18-8-14)20-10-13-3-4-16(19-9-13)15-5-7-22-12-15/h1-9,12H,10-11H2,(H,20,21). The molecule has 0 aromatic carbocycles. The zero-order valence-electron chi connectivity index (χ0n) is 12.3. The third-order valence-corrected chi connectivity index (χ3v) is 3.17. The fraction of sp³-hybridized carbons (Fsp3) is 0.118. The van der Waals surface area contributed by atoms with Crippen LogP contribution >= 0.6 is 0 Å². The molecule has 6 nitrogen and oxygen atoms in total. The molecule has 3 rings (SSSR count). The first kappa shape index (κ1) is 14.8. The van der Waals surface area contributed by atoms with E-state index in [-0.39, 0.29) is 6.61 Å². The summed E-state index contributed by atoms with van der Waals surface area (Å²) < 4.78 is 10.1. The van der Waals surface area contributed by atoms with Crippen molar-refractivity contribution in [1.82, 2.24) is 15.3 Å². The number of carbonyl (C=O) groups is 1. The van der Waals surface area contributed by atoms with Crippen molar-refractivity contribution in [2.75, 3.05) is 0 Å². The highest BCUT2D eigenvalue weighted by Gasteiger charge is 2.04. The van der Waals surface area contributed by atoms with E-state index in [4.69, 9.17) is 9.15 Å². The summed E-state index contributed by atoms with van der Waals surface area (Å²) in [7, 11) is 0. The predicted molar refractivity (Wildman–Crippen MR) is 83.2 cm³/mol. The summed E-state index contributed by atoms with van der Waals surface area (Å²) in [6.07, 6.45) is 7.80. The van der Waals surface area contributed by atoms with Gasteiger partial charge in [-0.05, 0) is 23.8 Å². The van der Waals surface area contributed by atoms with Gasteiger partial charge in [0, 0.05) is 36.3 Å². The molecule has 0 fully saturated rings. The number of carbonyl (C=O) groups excluding carboxylic acids is 1. The van der Waals surface area contributed by atoms with Crippen molar-refractivity contribution in [3.8, 4) is 11.3 Å². The number of hydrogen-bond donors (Lipinski definition) is 1. The molecule has 23 heavy (non-hydrogen) atoms. The van der Waals surface area contributed by atoms with E-state index in [1.54, 1.807) is 37.2 Å². The quantitative estimate of drug-likeness (QED) is 0.783. The lowest BCUT2D eigenvalue weighted by Crippen LogP contribution is -2.23. The molecule has 3 heterocycles. The largest absolute Gasteiger partial charge is 0.472 e. The van der Waals surface area contributed by atoms with Crippen molar-refractivity contribution in [1.29, 1.82) is 0 Å². The van der Waals surface area contributed by atoms with E-state index in [2.05, 4.69) is 15.3 Å². The number of nitrogens with one attached hydrogen (secondary N) is 1. The van der Waals surface area contributed by atoms with E-state index in [9.17, 15) is 4.79 Å². The smallest absolute Gasteiger partial charge is 0.407 e. The van der Waals surface area contributed by atoms with Gasteiger partial charge in [0.05, 0.1) is 18.2 Å². The van der Waals surface area contributed by atoms with Gasteiger partial charge in [-0.2, -0.15) is 0 Å². The first-order valence-electron chi connectivity index (χ1n) is 7.08. The van der Waals surface area contributed by atoms with Gasteiger partial charge >= 0.3 is 6.09 Å².